The number of anilines is 1. The summed E-state index contributed by atoms with van der Waals surface area (Å²) in [6, 6.07) is 7.84. The maximum Gasteiger partial charge on any atom is 0.0433 e. The smallest absolute Gasteiger partial charge is 0.0433 e. The van der Waals surface area contributed by atoms with Crippen molar-refractivity contribution in [2.24, 2.45) is 0 Å². The molecule has 0 saturated heterocycles. The second-order valence-electron chi connectivity index (χ2n) is 4.11. The Bertz CT molecular complexity index is 297. The zero-order chi connectivity index (χ0) is 9.90. The molecule has 0 bridgehead atoms. The molecule has 0 heterocycles. The summed E-state index contributed by atoms with van der Waals surface area (Å²) in [5.74, 6) is 0. The maximum absolute atomic E-state index is 7.23. The van der Waals surface area contributed by atoms with Gasteiger partial charge in [0, 0.05) is 23.0 Å². The molecule has 0 aromatic heterocycles. The number of nitrogens with one attached hydrogen (secondary N) is 2. The quantitative estimate of drug-likeness (QED) is 0.668. The Morgan fingerprint density at radius 2 is 1.85 bits per heavy atom. The third kappa shape index (κ3) is 2.90. The van der Waals surface area contributed by atoms with Crippen LogP contribution in [0.25, 0.3) is 0 Å². The van der Waals surface area contributed by atoms with E-state index < -0.39 is 0 Å². The van der Waals surface area contributed by atoms with Crippen LogP contribution >= 0.6 is 0 Å². The van der Waals surface area contributed by atoms with Gasteiger partial charge in [0.25, 0.3) is 0 Å². The summed E-state index contributed by atoms with van der Waals surface area (Å²) in [5, 5.41) is 10.6. The van der Waals surface area contributed by atoms with Crippen molar-refractivity contribution in [3.05, 3.63) is 29.8 Å². The minimum Gasteiger partial charge on any atom is -0.380 e. The molecule has 2 nitrogen and oxygen atoms in total. The van der Waals surface area contributed by atoms with Crippen molar-refractivity contribution >= 4 is 11.9 Å². The van der Waals surface area contributed by atoms with Gasteiger partial charge in [-0.1, -0.05) is 18.2 Å². The van der Waals surface area contributed by atoms with Crippen LogP contribution in [-0.2, 0) is 0 Å². The topological polar surface area (TPSA) is 35.9 Å². The molecule has 13 heavy (non-hydrogen) atoms. The highest BCUT2D eigenvalue weighted by atomic mass is 15.0. The molecule has 70 valence electrons. The molecule has 1 rings (SSSR count). The lowest BCUT2D eigenvalue weighted by Gasteiger charge is -2.23. The molecule has 0 aliphatic heterocycles. The first-order chi connectivity index (χ1) is 6.03. The predicted octanol–water partition coefficient (Wildman–Crippen LogP) is 2.89. The van der Waals surface area contributed by atoms with Gasteiger partial charge in [-0.25, -0.2) is 0 Å². The summed E-state index contributed by atoms with van der Waals surface area (Å²) in [5.41, 5.74) is 1.99. The average molecular weight is 176 g/mol. The van der Waals surface area contributed by atoms with E-state index in [1.54, 1.807) is 0 Å². The van der Waals surface area contributed by atoms with Crippen LogP contribution in [0, 0.1) is 5.41 Å². The highest BCUT2D eigenvalue weighted by molar-refractivity contribution is 5.85. The largest absolute Gasteiger partial charge is 0.380 e. The molecule has 0 radical (unpaired) electrons. The molecule has 0 aliphatic carbocycles. The van der Waals surface area contributed by atoms with Gasteiger partial charge in [-0.05, 0) is 26.8 Å². The summed E-state index contributed by atoms with van der Waals surface area (Å²) >= 11 is 0. The molecule has 0 aliphatic rings. The van der Waals surface area contributed by atoms with Crippen LogP contribution in [0.1, 0.15) is 26.3 Å². The van der Waals surface area contributed by atoms with Crippen LogP contribution in [0.4, 0.5) is 5.69 Å². The van der Waals surface area contributed by atoms with E-state index in [4.69, 9.17) is 5.41 Å². The van der Waals surface area contributed by atoms with E-state index in [1.165, 1.54) is 6.21 Å². The van der Waals surface area contributed by atoms with Crippen LogP contribution < -0.4 is 5.32 Å². The lowest BCUT2D eigenvalue weighted by Crippen LogP contribution is -2.26. The number of rotatable bonds is 2. The Morgan fingerprint density at radius 1 is 1.23 bits per heavy atom. The van der Waals surface area contributed by atoms with Gasteiger partial charge in [-0.15, -0.1) is 0 Å². The van der Waals surface area contributed by atoms with Gasteiger partial charge in [0.2, 0.25) is 0 Å². The highest BCUT2D eigenvalue weighted by Gasteiger charge is 2.10. The van der Waals surface area contributed by atoms with Crippen molar-refractivity contribution < 1.29 is 0 Å². The summed E-state index contributed by atoms with van der Waals surface area (Å²) in [6.45, 7) is 6.31. The minimum absolute atomic E-state index is 0.0408. The van der Waals surface area contributed by atoms with Gasteiger partial charge in [-0.3, -0.25) is 0 Å². The van der Waals surface area contributed by atoms with Crippen LogP contribution in [0.3, 0.4) is 0 Å². The Labute approximate surface area is 79.5 Å². The minimum atomic E-state index is 0.0408. The predicted molar refractivity (Wildman–Crippen MR) is 57.7 cm³/mol. The number of hydrogen-bond donors (Lipinski definition) is 2. The van der Waals surface area contributed by atoms with Gasteiger partial charge in [-0.2, -0.15) is 0 Å². The van der Waals surface area contributed by atoms with E-state index in [-0.39, 0.29) is 5.54 Å². The lowest BCUT2D eigenvalue weighted by molar-refractivity contribution is 0.634. The van der Waals surface area contributed by atoms with E-state index >= 15 is 0 Å². The Kier molecular flexibility index (Phi) is 2.71. The number of hydrogen-bond acceptors (Lipinski definition) is 2. The Morgan fingerprint density at radius 3 is 2.38 bits per heavy atom. The molecule has 0 spiro atoms. The summed E-state index contributed by atoms with van der Waals surface area (Å²) in [7, 11) is 0. The molecule has 1 aromatic carbocycles. The summed E-state index contributed by atoms with van der Waals surface area (Å²) < 4.78 is 0. The Balaban J connectivity index is 2.94. The van der Waals surface area contributed by atoms with Crippen molar-refractivity contribution in [2.75, 3.05) is 5.32 Å². The first-order valence-electron chi connectivity index (χ1n) is 4.40. The van der Waals surface area contributed by atoms with Crippen LogP contribution in [0.2, 0.25) is 0 Å². The molecule has 0 saturated carbocycles. The standard InChI is InChI=1S/C11H16N2/c1-11(2,3)13-10-7-5-4-6-9(10)8-12/h4-8,12-13H,1-3H3. The number of benzene rings is 1. The van der Waals surface area contributed by atoms with E-state index in [0.717, 1.165) is 11.3 Å². The third-order valence-corrected chi connectivity index (χ3v) is 1.63. The van der Waals surface area contributed by atoms with Crippen molar-refractivity contribution in [1.82, 2.24) is 0 Å². The van der Waals surface area contributed by atoms with Crippen molar-refractivity contribution in [2.45, 2.75) is 26.3 Å². The van der Waals surface area contributed by atoms with Crippen LogP contribution in [0.5, 0.6) is 0 Å². The molecule has 2 heteroatoms. The summed E-state index contributed by atoms with van der Waals surface area (Å²) in [6.07, 6.45) is 1.37. The Hall–Kier alpha value is -1.31. The van der Waals surface area contributed by atoms with E-state index in [9.17, 15) is 0 Å². The van der Waals surface area contributed by atoms with E-state index in [1.807, 2.05) is 24.3 Å². The molecular formula is C11H16N2. The van der Waals surface area contributed by atoms with Gasteiger partial charge in [0.05, 0.1) is 0 Å². The molecular weight excluding hydrogens is 160 g/mol. The van der Waals surface area contributed by atoms with Crippen LogP contribution in [0.15, 0.2) is 24.3 Å². The van der Waals surface area contributed by atoms with Gasteiger partial charge < -0.3 is 10.7 Å². The molecule has 0 fully saturated rings. The second-order valence-corrected chi connectivity index (χ2v) is 4.11. The molecule has 0 atom stereocenters. The molecule has 2 N–H and O–H groups in total. The zero-order valence-electron chi connectivity index (χ0n) is 8.39. The molecule has 1 aromatic rings. The third-order valence-electron chi connectivity index (χ3n) is 1.63. The fraction of sp³-hybridized carbons (Fsp3) is 0.364. The van der Waals surface area contributed by atoms with Crippen molar-refractivity contribution in [3.8, 4) is 0 Å². The van der Waals surface area contributed by atoms with Gasteiger partial charge in [0.1, 0.15) is 0 Å². The monoisotopic (exact) mass is 176 g/mol. The van der Waals surface area contributed by atoms with E-state index in [2.05, 4.69) is 26.1 Å². The average Bonchev–Trinajstić information content (AvgIpc) is 2.02. The summed E-state index contributed by atoms with van der Waals surface area (Å²) in [4.78, 5) is 0. The van der Waals surface area contributed by atoms with Gasteiger partial charge in [0.15, 0.2) is 0 Å². The number of para-hydroxylation sites is 1. The molecule has 0 amide bonds. The molecule has 0 unspecified atom stereocenters. The highest BCUT2D eigenvalue weighted by Crippen LogP contribution is 2.17. The lowest BCUT2D eigenvalue weighted by atomic mass is 10.1. The SMILES string of the molecule is CC(C)(C)Nc1ccccc1C=N. The normalized spacial score (nSPS) is 11.0. The zero-order valence-corrected chi connectivity index (χ0v) is 8.39. The maximum atomic E-state index is 7.23. The van der Waals surface area contributed by atoms with Crippen molar-refractivity contribution in [3.63, 3.8) is 0 Å². The first kappa shape index (κ1) is 9.78. The second kappa shape index (κ2) is 3.60. The van der Waals surface area contributed by atoms with Gasteiger partial charge >= 0.3 is 0 Å². The first-order valence-corrected chi connectivity index (χ1v) is 4.40. The van der Waals surface area contributed by atoms with E-state index in [0.29, 0.717) is 0 Å². The van der Waals surface area contributed by atoms with Crippen molar-refractivity contribution in [1.29, 1.82) is 5.41 Å². The fourth-order valence-electron chi connectivity index (χ4n) is 1.14. The fourth-order valence-corrected chi connectivity index (χ4v) is 1.14. The van der Waals surface area contributed by atoms with Crippen LogP contribution in [-0.4, -0.2) is 11.8 Å².